The maximum atomic E-state index is 13.4. The third-order valence-electron chi connectivity index (χ3n) is 4.92. The zero-order valence-electron chi connectivity index (χ0n) is 17.8. The molecule has 4 aromatic rings. The van der Waals surface area contributed by atoms with Crippen LogP contribution in [0.3, 0.4) is 0 Å². The van der Waals surface area contributed by atoms with Gasteiger partial charge in [0.1, 0.15) is 0 Å². The van der Waals surface area contributed by atoms with E-state index in [1.54, 1.807) is 54.6 Å². The first-order valence-electron chi connectivity index (χ1n) is 10.1. The van der Waals surface area contributed by atoms with E-state index >= 15 is 0 Å². The van der Waals surface area contributed by atoms with E-state index in [2.05, 4.69) is 10.3 Å². The number of fused-ring (bicyclic) bond motifs is 1. The Morgan fingerprint density at radius 3 is 2.56 bits per heavy atom. The molecule has 0 spiro atoms. The van der Waals surface area contributed by atoms with Crippen molar-refractivity contribution in [2.45, 2.75) is 22.7 Å². The van der Waals surface area contributed by atoms with E-state index in [-0.39, 0.29) is 17.2 Å². The van der Waals surface area contributed by atoms with Crippen LogP contribution in [0.4, 0.5) is 14.5 Å². The topological polar surface area (TPSA) is 64.0 Å². The van der Waals surface area contributed by atoms with Gasteiger partial charge in [0.15, 0.2) is 5.16 Å². The highest BCUT2D eigenvalue weighted by atomic mass is 35.5. The van der Waals surface area contributed by atoms with Crippen LogP contribution in [0.5, 0.6) is 0 Å². The number of nitrogens with one attached hydrogen (secondary N) is 1. The van der Waals surface area contributed by atoms with Crippen molar-refractivity contribution in [2.75, 3.05) is 11.1 Å². The number of hydrogen-bond donors (Lipinski definition) is 1. The first kappa shape index (κ1) is 24.3. The van der Waals surface area contributed by atoms with E-state index in [4.69, 9.17) is 11.6 Å². The molecule has 10 heteroatoms. The van der Waals surface area contributed by atoms with Gasteiger partial charge >= 0.3 is 0 Å². The van der Waals surface area contributed by atoms with Crippen LogP contribution in [0.25, 0.3) is 16.6 Å². The van der Waals surface area contributed by atoms with Crippen LogP contribution >= 0.6 is 35.1 Å². The van der Waals surface area contributed by atoms with Crippen molar-refractivity contribution in [2.24, 2.45) is 0 Å². The number of rotatable bonds is 7. The minimum atomic E-state index is -2.51. The Balaban J connectivity index is 1.61. The van der Waals surface area contributed by atoms with Gasteiger partial charge in [0.2, 0.25) is 5.91 Å². The molecule has 0 saturated heterocycles. The molecule has 3 aromatic carbocycles. The highest BCUT2D eigenvalue weighted by molar-refractivity contribution is 8.00. The van der Waals surface area contributed by atoms with Gasteiger partial charge in [-0.1, -0.05) is 53.3 Å². The number of anilines is 1. The number of carbonyl (C=O) groups excluding carboxylic acids is 1. The summed E-state index contributed by atoms with van der Waals surface area (Å²) in [6.45, 7) is 1.82. The molecule has 0 aliphatic carbocycles. The Morgan fingerprint density at radius 1 is 1.09 bits per heavy atom. The highest BCUT2D eigenvalue weighted by Crippen LogP contribution is 2.28. The van der Waals surface area contributed by atoms with Crippen LogP contribution in [0.1, 0.15) is 5.56 Å². The smallest absolute Gasteiger partial charge is 0.288 e. The first-order chi connectivity index (χ1) is 16.3. The average Bonchev–Trinajstić information content (AvgIpc) is 2.81. The third-order valence-corrected chi connectivity index (χ3v) is 6.99. The van der Waals surface area contributed by atoms with Gasteiger partial charge < -0.3 is 5.32 Å². The molecule has 0 saturated carbocycles. The summed E-state index contributed by atoms with van der Waals surface area (Å²) in [5.41, 5.74) is 2.06. The standard InChI is InChI=1S/C24H18ClF2N3O2S2/c1-14-18(25)6-4-8-20(14)30-22(32)17-5-2-3-7-19(17)29-24(30)33-13-21(31)28-15-9-11-16(12-10-15)34-23(26)27/h2-12,23H,13H2,1H3,(H,28,31). The summed E-state index contributed by atoms with van der Waals surface area (Å²) in [5.74, 6) is -2.85. The number of para-hydroxylation sites is 1. The van der Waals surface area contributed by atoms with E-state index in [1.807, 2.05) is 6.92 Å². The zero-order chi connectivity index (χ0) is 24.2. The molecule has 1 amide bonds. The molecule has 0 radical (unpaired) electrons. The van der Waals surface area contributed by atoms with Gasteiger partial charge in [0.25, 0.3) is 11.3 Å². The highest BCUT2D eigenvalue weighted by Gasteiger charge is 2.17. The molecular weight excluding hydrogens is 500 g/mol. The molecule has 34 heavy (non-hydrogen) atoms. The number of aromatic nitrogens is 2. The van der Waals surface area contributed by atoms with Gasteiger partial charge in [-0.25, -0.2) is 4.98 Å². The molecular formula is C24H18ClF2N3O2S2. The molecule has 0 bridgehead atoms. The lowest BCUT2D eigenvalue weighted by Gasteiger charge is -2.15. The van der Waals surface area contributed by atoms with Gasteiger partial charge in [0, 0.05) is 15.6 Å². The minimum Gasteiger partial charge on any atom is -0.325 e. The lowest BCUT2D eigenvalue weighted by molar-refractivity contribution is -0.113. The lowest BCUT2D eigenvalue weighted by atomic mass is 10.2. The van der Waals surface area contributed by atoms with Gasteiger partial charge in [-0.05, 0) is 61.0 Å². The average molecular weight is 518 g/mol. The van der Waals surface area contributed by atoms with Crippen molar-refractivity contribution in [3.63, 3.8) is 0 Å². The van der Waals surface area contributed by atoms with Gasteiger partial charge in [-0.2, -0.15) is 8.78 Å². The third kappa shape index (κ3) is 5.43. The molecule has 4 rings (SSSR count). The van der Waals surface area contributed by atoms with Gasteiger partial charge in [-0.15, -0.1) is 0 Å². The summed E-state index contributed by atoms with van der Waals surface area (Å²) in [7, 11) is 0. The number of carbonyl (C=O) groups is 1. The normalized spacial score (nSPS) is 11.2. The molecule has 1 heterocycles. The number of alkyl halides is 2. The Kier molecular flexibility index (Phi) is 7.55. The number of amides is 1. The number of halogens is 3. The maximum absolute atomic E-state index is 13.4. The molecule has 0 fully saturated rings. The van der Waals surface area contributed by atoms with E-state index in [1.165, 1.54) is 16.7 Å². The Morgan fingerprint density at radius 2 is 1.82 bits per heavy atom. The monoisotopic (exact) mass is 517 g/mol. The molecule has 0 aliphatic heterocycles. The SMILES string of the molecule is Cc1c(Cl)cccc1-n1c(SCC(=O)Nc2ccc(SC(F)F)cc2)nc2ccccc2c1=O. The molecule has 0 atom stereocenters. The van der Waals surface area contributed by atoms with Crippen molar-refractivity contribution in [1.29, 1.82) is 0 Å². The molecule has 0 unspecified atom stereocenters. The Labute approximate surface area is 207 Å². The van der Waals surface area contributed by atoms with Crippen LogP contribution in [0.15, 0.2) is 81.6 Å². The van der Waals surface area contributed by atoms with E-state index in [0.717, 1.165) is 17.3 Å². The number of thioether (sulfide) groups is 2. The van der Waals surface area contributed by atoms with E-state index < -0.39 is 5.76 Å². The van der Waals surface area contributed by atoms with Gasteiger partial charge in [0.05, 0.1) is 22.3 Å². The molecule has 5 nitrogen and oxygen atoms in total. The summed E-state index contributed by atoms with van der Waals surface area (Å²) in [5, 5.41) is 4.06. The maximum Gasteiger partial charge on any atom is 0.288 e. The minimum absolute atomic E-state index is 0.0159. The molecule has 174 valence electrons. The zero-order valence-corrected chi connectivity index (χ0v) is 20.2. The second-order valence-corrected chi connectivity index (χ2v) is 9.59. The Bertz CT molecular complexity index is 1410. The summed E-state index contributed by atoms with van der Waals surface area (Å²) in [6, 6.07) is 18.4. The number of benzene rings is 3. The summed E-state index contributed by atoms with van der Waals surface area (Å²) in [6.07, 6.45) is 0. The van der Waals surface area contributed by atoms with Crippen molar-refractivity contribution >= 4 is 57.6 Å². The summed E-state index contributed by atoms with van der Waals surface area (Å²) >= 11 is 7.85. The van der Waals surface area contributed by atoms with Crippen LogP contribution in [-0.4, -0.2) is 27.0 Å². The fourth-order valence-electron chi connectivity index (χ4n) is 3.31. The van der Waals surface area contributed by atoms with Crippen molar-refractivity contribution < 1.29 is 13.6 Å². The summed E-state index contributed by atoms with van der Waals surface area (Å²) < 4.78 is 26.4. The fraction of sp³-hybridized carbons (Fsp3) is 0.125. The van der Waals surface area contributed by atoms with Crippen molar-refractivity contribution in [3.05, 3.63) is 87.7 Å². The lowest BCUT2D eigenvalue weighted by Crippen LogP contribution is -2.23. The predicted octanol–water partition coefficient (Wildman–Crippen LogP) is 6.39. The van der Waals surface area contributed by atoms with Crippen LogP contribution in [0, 0.1) is 6.92 Å². The van der Waals surface area contributed by atoms with E-state index in [9.17, 15) is 18.4 Å². The largest absolute Gasteiger partial charge is 0.325 e. The van der Waals surface area contributed by atoms with E-state index in [0.29, 0.717) is 49.1 Å². The summed E-state index contributed by atoms with van der Waals surface area (Å²) in [4.78, 5) is 31.0. The first-order valence-corrected chi connectivity index (χ1v) is 12.3. The fourth-order valence-corrected chi connectivity index (χ4v) is 4.78. The second-order valence-electron chi connectivity index (χ2n) is 7.18. The predicted molar refractivity (Wildman–Crippen MR) is 135 cm³/mol. The van der Waals surface area contributed by atoms with Crippen LogP contribution in [0.2, 0.25) is 5.02 Å². The molecule has 1 aromatic heterocycles. The second kappa shape index (κ2) is 10.6. The number of hydrogen-bond acceptors (Lipinski definition) is 5. The number of nitrogens with zero attached hydrogens (tertiary/aromatic N) is 2. The van der Waals surface area contributed by atoms with Crippen LogP contribution in [-0.2, 0) is 4.79 Å². The van der Waals surface area contributed by atoms with Gasteiger partial charge in [-0.3, -0.25) is 14.2 Å². The Hall–Kier alpha value is -2.88. The van der Waals surface area contributed by atoms with Crippen LogP contribution < -0.4 is 10.9 Å². The van der Waals surface area contributed by atoms with Crippen molar-refractivity contribution in [3.8, 4) is 5.69 Å². The quantitative estimate of drug-likeness (QED) is 0.227. The van der Waals surface area contributed by atoms with Crippen molar-refractivity contribution in [1.82, 2.24) is 9.55 Å². The molecule has 0 aliphatic rings. The molecule has 1 N–H and O–H groups in total.